The topological polar surface area (TPSA) is 64.6 Å². The molecule has 0 rings (SSSR count). The van der Waals surface area contributed by atoms with Gasteiger partial charge in [0, 0.05) is 0 Å². The van der Waals surface area contributed by atoms with Crippen molar-refractivity contribution in [1.82, 2.24) is 5.32 Å². The van der Waals surface area contributed by atoms with Crippen molar-refractivity contribution in [2.45, 2.75) is 111 Å². The maximum Gasteiger partial charge on any atom is 0.407 e. The Balaban J connectivity index is 3.43. The number of hydrogen-bond acceptors (Lipinski definition) is 4. The molecule has 1 N–H and O–H groups in total. The minimum atomic E-state index is -0.679. The first-order valence-electron chi connectivity index (χ1n) is 11.1. The number of carbonyl (C=O) groups is 2. The lowest BCUT2D eigenvalue weighted by Crippen LogP contribution is -2.40. The standard InChI is InChI=1S/C22H43NO4/c1-5-6-7-8-9-10-11-12-13-14-15-16-17-26-21(24)20(4)23-22(25)27-18-19(2)3/h19-20H,5-18H2,1-4H3,(H,23,25). The van der Waals surface area contributed by atoms with Crippen molar-refractivity contribution in [3.63, 3.8) is 0 Å². The molecular formula is C22H43NO4. The number of unbranched alkanes of at least 4 members (excludes halogenated alkanes) is 11. The molecule has 0 aliphatic heterocycles. The van der Waals surface area contributed by atoms with E-state index in [9.17, 15) is 9.59 Å². The number of esters is 1. The number of rotatable bonds is 17. The van der Waals surface area contributed by atoms with Crippen molar-refractivity contribution >= 4 is 12.1 Å². The molecule has 5 heteroatoms. The summed E-state index contributed by atoms with van der Waals surface area (Å²) in [5.74, 6) is -0.136. The van der Waals surface area contributed by atoms with E-state index in [1.54, 1.807) is 6.92 Å². The minimum Gasteiger partial charge on any atom is -0.464 e. The van der Waals surface area contributed by atoms with E-state index in [2.05, 4.69) is 12.2 Å². The van der Waals surface area contributed by atoms with Gasteiger partial charge in [-0.25, -0.2) is 9.59 Å². The molecule has 0 radical (unpaired) electrons. The van der Waals surface area contributed by atoms with E-state index in [1.807, 2.05) is 13.8 Å². The second kappa shape index (κ2) is 18.1. The van der Waals surface area contributed by atoms with Crippen molar-refractivity contribution in [1.29, 1.82) is 0 Å². The molecule has 0 heterocycles. The molecule has 0 fully saturated rings. The Morgan fingerprint density at radius 2 is 1.22 bits per heavy atom. The van der Waals surface area contributed by atoms with E-state index >= 15 is 0 Å². The van der Waals surface area contributed by atoms with Crippen LogP contribution in [0.2, 0.25) is 0 Å². The second-order valence-electron chi connectivity index (χ2n) is 7.91. The Labute approximate surface area is 167 Å². The molecule has 0 aromatic heterocycles. The van der Waals surface area contributed by atoms with Crippen LogP contribution in [0.3, 0.4) is 0 Å². The zero-order valence-electron chi connectivity index (χ0n) is 18.2. The predicted octanol–water partition coefficient (Wildman–Crippen LogP) is 6.00. The van der Waals surface area contributed by atoms with E-state index in [0.29, 0.717) is 13.2 Å². The highest BCUT2D eigenvalue weighted by Gasteiger charge is 2.17. The van der Waals surface area contributed by atoms with Gasteiger partial charge in [0.05, 0.1) is 13.2 Å². The first-order valence-corrected chi connectivity index (χ1v) is 11.1. The summed E-state index contributed by atoms with van der Waals surface area (Å²) in [5, 5.41) is 2.50. The van der Waals surface area contributed by atoms with Gasteiger partial charge in [-0.15, -0.1) is 0 Å². The fraction of sp³-hybridized carbons (Fsp3) is 0.909. The largest absolute Gasteiger partial charge is 0.464 e. The van der Waals surface area contributed by atoms with Crippen molar-refractivity contribution in [2.24, 2.45) is 5.92 Å². The molecule has 0 saturated heterocycles. The van der Waals surface area contributed by atoms with E-state index in [1.165, 1.54) is 64.2 Å². The monoisotopic (exact) mass is 385 g/mol. The number of carbonyl (C=O) groups excluding carboxylic acids is 2. The van der Waals surface area contributed by atoms with E-state index in [0.717, 1.165) is 12.8 Å². The van der Waals surface area contributed by atoms with Crippen molar-refractivity contribution in [3.05, 3.63) is 0 Å². The molecular weight excluding hydrogens is 342 g/mol. The fourth-order valence-corrected chi connectivity index (χ4v) is 2.76. The minimum absolute atomic E-state index is 0.267. The summed E-state index contributed by atoms with van der Waals surface area (Å²) in [4.78, 5) is 23.3. The highest BCUT2D eigenvalue weighted by molar-refractivity contribution is 5.80. The average Bonchev–Trinajstić information content (AvgIpc) is 2.63. The van der Waals surface area contributed by atoms with E-state index in [4.69, 9.17) is 9.47 Å². The lowest BCUT2D eigenvalue weighted by atomic mass is 10.1. The van der Waals surface area contributed by atoms with Gasteiger partial charge < -0.3 is 14.8 Å². The van der Waals surface area contributed by atoms with Crippen molar-refractivity contribution in [2.75, 3.05) is 13.2 Å². The Morgan fingerprint density at radius 3 is 1.70 bits per heavy atom. The third-order valence-corrected chi connectivity index (χ3v) is 4.48. The lowest BCUT2D eigenvalue weighted by molar-refractivity contribution is -0.145. The number of hydrogen-bond donors (Lipinski definition) is 1. The van der Waals surface area contributed by atoms with Crippen LogP contribution in [0.4, 0.5) is 4.79 Å². The molecule has 1 amide bonds. The lowest BCUT2D eigenvalue weighted by Gasteiger charge is -2.14. The van der Waals surface area contributed by atoms with E-state index in [-0.39, 0.29) is 5.92 Å². The first kappa shape index (κ1) is 25.7. The maximum atomic E-state index is 11.8. The number of alkyl carbamates (subject to hydrolysis) is 1. The molecule has 27 heavy (non-hydrogen) atoms. The highest BCUT2D eigenvalue weighted by atomic mass is 16.6. The molecule has 1 atom stereocenters. The van der Waals surface area contributed by atoms with Gasteiger partial charge in [-0.3, -0.25) is 0 Å². The van der Waals surface area contributed by atoms with Crippen molar-refractivity contribution in [3.8, 4) is 0 Å². The van der Waals surface area contributed by atoms with Gasteiger partial charge >= 0.3 is 12.1 Å². The SMILES string of the molecule is CCCCCCCCCCCCCCOC(=O)C(C)NC(=O)OCC(C)C. The quantitative estimate of drug-likeness (QED) is 0.246. The average molecular weight is 386 g/mol. The molecule has 0 spiro atoms. The van der Waals surface area contributed by atoms with Gasteiger partial charge in [0.25, 0.3) is 0 Å². The Morgan fingerprint density at radius 1 is 0.741 bits per heavy atom. The zero-order chi connectivity index (χ0) is 20.3. The summed E-state index contributed by atoms with van der Waals surface area (Å²) in [6.07, 6.45) is 14.7. The number of amides is 1. The molecule has 0 aliphatic rings. The molecule has 0 aromatic carbocycles. The van der Waals surface area contributed by atoms with Gasteiger partial charge in [0.1, 0.15) is 6.04 Å². The summed E-state index contributed by atoms with van der Waals surface area (Å²) in [6.45, 7) is 8.54. The Hall–Kier alpha value is -1.26. The van der Waals surface area contributed by atoms with Crippen LogP contribution < -0.4 is 5.32 Å². The van der Waals surface area contributed by atoms with Crippen LogP contribution in [0.5, 0.6) is 0 Å². The molecule has 0 aliphatic carbocycles. The van der Waals surface area contributed by atoms with Crippen LogP contribution in [0.25, 0.3) is 0 Å². The van der Waals surface area contributed by atoms with Gasteiger partial charge in [-0.1, -0.05) is 91.4 Å². The zero-order valence-corrected chi connectivity index (χ0v) is 18.2. The van der Waals surface area contributed by atoms with Crippen LogP contribution in [0.1, 0.15) is 105 Å². The summed E-state index contributed by atoms with van der Waals surface area (Å²) in [5.41, 5.74) is 0. The van der Waals surface area contributed by atoms with Gasteiger partial charge in [0.15, 0.2) is 0 Å². The highest BCUT2D eigenvalue weighted by Crippen LogP contribution is 2.12. The third kappa shape index (κ3) is 17.9. The summed E-state index contributed by atoms with van der Waals surface area (Å²) in [6, 6.07) is -0.679. The predicted molar refractivity (Wildman–Crippen MR) is 111 cm³/mol. The molecule has 0 saturated carbocycles. The summed E-state index contributed by atoms with van der Waals surface area (Å²) in [7, 11) is 0. The molecule has 160 valence electrons. The fourth-order valence-electron chi connectivity index (χ4n) is 2.76. The summed E-state index contributed by atoms with van der Waals surface area (Å²) >= 11 is 0. The van der Waals surface area contributed by atoms with Crippen LogP contribution in [0, 0.1) is 5.92 Å². The number of ether oxygens (including phenoxy) is 2. The van der Waals surface area contributed by atoms with Gasteiger partial charge in [0.2, 0.25) is 0 Å². The second-order valence-corrected chi connectivity index (χ2v) is 7.91. The van der Waals surface area contributed by atoms with Gasteiger partial charge in [-0.2, -0.15) is 0 Å². The number of nitrogens with one attached hydrogen (secondary N) is 1. The Kier molecular flexibility index (Phi) is 17.3. The van der Waals surface area contributed by atoms with Crippen molar-refractivity contribution < 1.29 is 19.1 Å². The van der Waals surface area contributed by atoms with Crippen LogP contribution in [-0.4, -0.2) is 31.3 Å². The molecule has 1 unspecified atom stereocenters. The maximum absolute atomic E-state index is 11.8. The smallest absolute Gasteiger partial charge is 0.407 e. The van der Waals surface area contributed by atoms with Crippen LogP contribution >= 0.6 is 0 Å². The summed E-state index contributed by atoms with van der Waals surface area (Å²) < 4.78 is 10.2. The van der Waals surface area contributed by atoms with Crippen LogP contribution in [0.15, 0.2) is 0 Å². The normalized spacial score (nSPS) is 12.0. The molecule has 5 nitrogen and oxygen atoms in total. The Bertz CT molecular complexity index is 371. The first-order chi connectivity index (χ1) is 13.0. The third-order valence-electron chi connectivity index (χ3n) is 4.48. The van der Waals surface area contributed by atoms with Gasteiger partial charge in [-0.05, 0) is 19.3 Å². The van der Waals surface area contributed by atoms with E-state index < -0.39 is 18.1 Å². The molecule has 0 bridgehead atoms. The van der Waals surface area contributed by atoms with Crippen LogP contribution in [-0.2, 0) is 14.3 Å². The molecule has 0 aromatic rings.